The molecular formula is C25H28N2O3. The van der Waals surface area contributed by atoms with Crippen LogP contribution >= 0.6 is 0 Å². The van der Waals surface area contributed by atoms with Crippen LogP contribution in [-0.4, -0.2) is 50.2 Å². The summed E-state index contributed by atoms with van der Waals surface area (Å²) in [7, 11) is 0. The fraction of sp³-hybridized carbons (Fsp3) is 0.320. The third kappa shape index (κ3) is 5.59. The molecule has 0 bridgehead atoms. The number of amides is 1. The number of morpholine rings is 1. The van der Waals surface area contributed by atoms with Crippen LogP contribution in [0.2, 0.25) is 0 Å². The van der Waals surface area contributed by atoms with Crippen molar-refractivity contribution < 1.29 is 14.3 Å². The normalized spacial score (nSPS) is 17.0. The molecule has 0 unspecified atom stereocenters. The quantitative estimate of drug-likeness (QED) is 0.580. The van der Waals surface area contributed by atoms with Crippen LogP contribution in [0.25, 0.3) is 10.8 Å². The minimum Gasteiger partial charge on any atom is -0.484 e. The van der Waals surface area contributed by atoms with Crippen molar-refractivity contribution in [2.75, 3.05) is 39.4 Å². The van der Waals surface area contributed by atoms with Gasteiger partial charge in [-0.3, -0.25) is 9.69 Å². The summed E-state index contributed by atoms with van der Waals surface area (Å²) in [5.74, 6) is 0.622. The van der Waals surface area contributed by atoms with E-state index in [-0.39, 0.29) is 18.6 Å². The van der Waals surface area contributed by atoms with E-state index in [0.29, 0.717) is 12.3 Å². The first-order valence-corrected chi connectivity index (χ1v) is 10.6. The van der Waals surface area contributed by atoms with Gasteiger partial charge in [-0.05, 0) is 34.9 Å². The third-order valence-electron chi connectivity index (χ3n) is 5.39. The summed E-state index contributed by atoms with van der Waals surface area (Å²) in [5, 5.41) is 5.22. The number of fused-ring (bicyclic) bond motifs is 1. The van der Waals surface area contributed by atoms with Crippen molar-refractivity contribution in [1.82, 2.24) is 10.2 Å². The van der Waals surface area contributed by atoms with E-state index in [4.69, 9.17) is 9.47 Å². The van der Waals surface area contributed by atoms with E-state index >= 15 is 0 Å². The number of nitrogens with one attached hydrogen (secondary N) is 1. The minimum atomic E-state index is -0.0905. The molecule has 30 heavy (non-hydrogen) atoms. The van der Waals surface area contributed by atoms with Crippen LogP contribution in [0, 0.1) is 0 Å². The molecular weight excluding hydrogens is 376 g/mol. The predicted molar refractivity (Wildman–Crippen MR) is 119 cm³/mol. The second kappa shape index (κ2) is 10.2. The fourth-order valence-corrected chi connectivity index (χ4v) is 3.76. The summed E-state index contributed by atoms with van der Waals surface area (Å²) in [5.41, 5.74) is 1.22. The van der Waals surface area contributed by atoms with Gasteiger partial charge in [0.25, 0.3) is 5.91 Å². The summed E-state index contributed by atoms with van der Waals surface area (Å²) < 4.78 is 11.6. The van der Waals surface area contributed by atoms with E-state index in [1.54, 1.807) is 0 Å². The van der Waals surface area contributed by atoms with Gasteiger partial charge in [0.05, 0.1) is 12.7 Å². The molecule has 5 nitrogen and oxygen atoms in total. The van der Waals surface area contributed by atoms with E-state index in [2.05, 4.69) is 28.4 Å². The molecule has 5 heteroatoms. The average molecular weight is 405 g/mol. The Morgan fingerprint density at radius 2 is 1.83 bits per heavy atom. The Balaban J connectivity index is 1.15. The highest BCUT2D eigenvalue weighted by Gasteiger charge is 2.21. The lowest BCUT2D eigenvalue weighted by Gasteiger charge is -2.33. The average Bonchev–Trinajstić information content (AvgIpc) is 2.81. The lowest BCUT2D eigenvalue weighted by Crippen LogP contribution is -2.40. The Morgan fingerprint density at radius 1 is 1.03 bits per heavy atom. The van der Waals surface area contributed by atoms with Crippen molar-refractivity contribution in [1.29, 1.82) is 0 Å². The lowest BCUT2D eigenvalue weighted by molar-refractivity contribution is -0.123. The van der Waals surface area contributed by atoms with Crippen molar-refractivity contribution in [3.8, 4) is 5.75 Å². The molecule has 1 N–H and O–H groups in total. The Bertz CT molecular complexity index is 961. The van der Waals surface area contributed by atoms with Gasteiger partial charge in [0.1, 0.15) is 5.75 Å². The van der Waals surface area contributed by atoms with Crippen LogP contribution in [0.1, 0.15) is 18.1 Å². The highest BCUT2D eigenvalue weighted by Crippen LogP contribution is 2.22. The molecule has 156 valence electrons. The van der Waals surface area contributed by atoms with Crippen molar-refractivity contribution in [3.63, 3.8) is 0 Å². The van der Waals surface area contributed by atoms with Crippen LogP contribution in [0.4, 0.5) is 0 Å². The maximum atomic E-state index is 12.1. The molecule has 0 spiro atoms. The van der Waals surface area contributed by atoms with E-state index in [1.807, 2.05) is 54.6 Å². The summed E-state index contributed by atoms with van der Waals surface area (Å²) in [4.78, 5) is 14.5. The number of rotatable bonds is 8. The van der Waals surface area contributed by atoms with E-state index in [9.17, 15) is 4.79 Å². The van der Waals surface area contributed by atoms with Crippen LogP contribution in [0.15, 0.2) is 72.8 Å². The summed E-state index contributed by atoms with van der Waals surface area (Å²) in [6.07, 6.45) is 1.04. The molecule has 1 amide bonds. The van der Waals surface area contributed by atoms with Crippen LogP contribution < -0.4 is 10.1 Å². The van der Waals surface area contributed by atoms with Crippen LogP contribution in [0.5, 0.6) is 5.75 Å². The Hall–Kier alpha value is -2.89. The molecule has 0 radical (unpaired) electrons. The van der Waals surface area contributed by atoms with Gasteiger partial charge < -0.3 is 14.8 Å². The molecule has 0 aromatic heterocycles. The molecule has 3 aromatic carbocycles. The van der Waals surface area contributed by atoms with Crippen molar-refractivity contribution in [2.45, 2.75) is 12.5 Å². The second-order valence-electron chi connectivity index (χ2n) is 7.57. The minimum absolute atomic E-state index is 0.0337. The first kappa shape index (κ1) is 20.4. The summed E-state index contributed by atoms with van der Waals surface area (Å²) in [6.45, 7) is 4.19. The smallest absolute Gasteiger partial charge is 0.257 e. The van der Waals surface area contributed by atoms with Crippen molar-refractivity contribution in [3.05, 3.63) is 78.4 Å². The number of benzene rings is 3. The number of hydrogen-bond acceptors (Lipinski definition) is 4. The van der Waals surface area contributed by atoms with E-state index < -0.39 is 0 Å². The zero-order chi connectivity index (χ0) is 20.6. The largest absolute Gasteiger partial charge is 0.484 e. The SMILES string of the molecule is O=C(COc1ccc2ccccc2c1)NCCCN1CCO[C@H](c2ccccc2)C1. The summed E-state index contributed by atoms with van der Waals surface area (Å²) in [6, 6.07) is 24.3. The Kier molecular flexibility index (Phi) is 6.95. The Morgan fingerprint density at radius 3 is 2.70 bits per heavy atom. The third-order valence-corrected chi connectivity index (χ3v) is 5.39. The maximum Gasteiger partial charge on any atom is 0.257 e. The first-order valence-electron chi connectivity index (χ1n) is 10.6. The highest BCUT2D eigenvalue weighted by atomic mass is 16.5. The van der Waals surface area contributed by atoms with Gasteiger partial charge in [-0.15, -0.1) is 0 Å². The van der Waals surface area contributed by atoms with Crippen molar-refractivity contribution >= 4 is 16.7 Å². The molecule has 4 rings (SSSR count). The zero-order valence-corrected chi connectivity index (χ0v) is 17.1. The molecule has 1 aliphatic rings. The standard InChI is InChI=1S/C25H28N2O3/c28-25(19-30-23-12-11-20-7-4-5-10-22(20)17-23)26-13-6-14-27-15-16-29-24(18-27)21-8-2-1-3-9-21/h1-5,7-12,17,24H,6,13-16,18-19H2,(H,26,28)/t24-/m0/s1. The molecule has 1 saturated heterocycles. The van der Waals surface area contributed by atoms with Gasteiger partial charge in [0.2, 0.25) is 0 Å². The molecule has 1 fully saturated rings. The fourth-order valence-electron chi connectivity index (χ4n) is 3.76. The van der Waals surface area contributed by atoms with Gasteiger partial charge in [-0.1, -0.05) is 60.7 Å². The van der Waals surface area contributed by atoms with Gasteiger partial charge in [0, 0.05) is 26.2 Å². The van der Waals surface area contributed by atoms with E-state index in [0.717, 1.165) is 43.4 Å². The highest BCUT2D eigenvalue weighted by molar-refractivity contribution is 5.84. The number of nitrogens with zero attached hydrogens (tertiary/aromatic N) is 1. The van der Waals surface area contributed by atoms with Gasteiger partial charge in [-0.2, -0.15) is 0 Å². The number of carbonyl (C=O) groups excluding carboxylic acids is 1. The molecule has 1 heterocycles. The van der Waals surface area contributed by atoms with Crippen LogP contribution in [-0.2, 0) is 9.53 Å². The number of hydrogen-bond donors (Lipinski definition) is 1. The molecule has 3 aromatic rings. The number of carbonyl (C=O) groups is 1. The molecule has 0 aliphatic carbocycles. The monoisotopic (exact) mass is 404 g/mol. The van der Waals surface area contributed by atoms with Gasteiger partial charge in [-0.25, -0.2) is 0 Å². The molecule has 1 atom stereocenters. The van der Waals surface area contributed by atoms with Crippen LogP contribution in [0.3, 0.4) is 0 Å². The molecule has 1 aliphatic heterocycles. The summed E-state index contributed by atoms with van der Waals surface area (Å²) >= 11 is 0. The lowest BCUT2D eigenvalue weighted by atomic mass is 10.1. The Labute approximate surface area is 177 Å². The topological polar surface area (TPSA) is 50.8 Å². The number of ether oxygens (including phenoxy) is 2. The van der Waals surface area contributed by atoms with Crippen molar-refractivity contribution in [2.24, 2.45) is 0 Å². The maximum absolute atomic E-state index is 12.1. The molecule has 0 saturated carbocycles. The van der Waals surface area contributed by atoms with Gasteiger partial charge >= 0.3 is 0 Å². The zero-order valence-electron chi connectivity index (χ0n) is 17.1. The van der Waals surface area contributed by atoms with Gasteiger partial charge in [0.15, 0.2) is 6.61 Å². The predicted octanol–water partition coefficient (Wildman–Crippen LogP) is 3.80. The van der Waals surface area contributed by atoms with E-state index in [1.165, 1.54) is 5.56 Å². The first-order chi connectivity index (χ1) is 14.8. The second-order valence-corrected chi connectivity index (χ2v) is 7.57.